The highest BCUT2D eigenvalue weighted by molar-refractivity contribution is 8.00. The molecule has 0 unspecified atom stereocenters. The fourth-order valence-electron chi connectivity index (χ4n) is 1.82. The average Bonchev–Trinajstić information content (AvgIpc) is 2.67. The van der Waals surface area contributed by atoms with Crippen LogP contribution in [-0.4, -0.2) is 57.3 Å². The predicted molar refractivity (Wildman–Crippen MR) is 74.4 cm³/mol. The molecule has 1 aliphatic rings. The number of hydrogen-bond acceptors (Lipinski definition) is 5. The van der Waals surface area contributed by atoms with Crippen LogP contribution in [0, 0.1) is 0 Å². The highest BCUT2D eigenvalue weighted by Gasteiger charge is 2.40. The number of hydrogen-bond donors (Lipinski definition) is 2. The van der Waals surface area contributed by atoms with Crippen molar-refractivity contribution >= 4 is 29.7 Å². The lowest BCUT2D eigenvalue weighted by Crippen LogP contribution is -2.48. The number of carbonyl (C=O) groups is 3. The van der Waals surface area contributed by atoms with Crippen LogP contribution in [0.5, 0.6) is 0 Å². The van der Waals surface area contributed by atoms with E-state index in [9.17, 15) is 14.4 Å². The highest BCUT2D eigenvalue weighted by atomic mass is 32.2. The molecule has 0 bridgehead atoms. The van der Waals surface area contributed by atoms with Gasteiger partial charge in [-0.3, -0.25) is 4.79 Å². The Balaban J connectivity index is 2.57. The largest absolute Gasteiger partial charge is 0.480 e. The van der Waals surface area contributed by atoms with Gasteiger partial charge in [-0.25, -0.2) is 9.59 Å². The van der Waals surface area contributed by atoms with Gasteiger partial charge in [0.1, 0.15) is 11.6 Å². The summed E-state index contributed by atoms with van der Waals surface area (Å²) in [5, 5.41) is 11.2. The Hall–Kier alpha value is -1.44. The van der Waals surface area contributed by atoms with Gasteiger partial charge < -0.3 is 20.1 Å². The molecule has 0 aliphatic carbocycles. The van der Waals surface area contributed by atoms with Crippen molar-refractivity contribution < 1.29 is 24.2 Å². The summed E-state index contributed by atoms with van der Waals surface area (Å²) in [5.41, 5.74) is -0.600. The molecule has 1 rings (SSSR count). The zero-order valence-electron chi connectivity index (χ0n) is 12.0. The van der Waals surface area contributed by atoms with Crippen molar-refractivity contribution in [3.8, 4) is 0 Å². The molecule has 1 saturated heterocycles. The molecule has 7 nitrogen and oxygen atoms in total. The summed E-state index contributed by atoms with van der Waals surface area (Å²) in [6.07, 6.45) is -0.583. The van der Waals surface area contributed by atoms with Crippen LogP contribution in [0.4, 0.5) is 4.79 Å². The summed E-state index contributed by atoms with van der Waals surface area (Å²) >= 11 is 1.33. The average molecular weight is 304 g/mol. The number of carbonyl (C=O) groups excluding carboxylic acids is 2. The number of ether oxygens (including phenoxy) is 1. The van der Waals surface area contributed by atoms with E-state index in [2.05, 4.69) is 5.32 Å². The van der Waals surface area contributed by atoms with E-state index in [1.165, 1.54) is 23.6 Å². The van der Waals surface area contributed by atoms with E-state index in [0.29, 0.717) is 5.75 Å². The smallest absolute Gasteiger partial charge is 0.407 e. The first-order valence-corrected chi connectivity index (χ1v) is 7.27. The van der Waals surface area contributed by atoms with Gasteiger partial charge >= 0.3 is 12.1 Å². The SMILES string of the molecule is CC(=O)N1[C@H](CNC(=O)OC(C)(C)C)SC[C@H]1C(=O)O. The number of carboxylic acid groups (broad SMARTS) is 1. The Morgan fingerprint density at radius 1 is 1.40 bits per heavy atom. The molecule has 1 fully saturated rings. The highest BCUT2D eigenvalue weighted by Crippen LogP contribution is 2.28. The number of aliphatic carboxylic acids is 1. The second kappa shape index (κ2) is 6.34. The Morgan fingerprint density at radius 2 is 2.00 bits per heavy atom. The van der Waals surface area contributed by atoms with Crippen LogP contribution < -0.4 is 5.32 Å². The van der Waals surface area contributed by atoms with Crippen LogP contribution in [0.15, 0.2) is 0 Å². The Bertz CT molecular complexity index is 407. The third kappa shape index (κ3) is 4.59. The third-order valence-electron chi connectivity index (χ3n) is 2.56. The monoisotopic (exact) mass is 304 g/mol. The molecule has 0 aromatic rings. The summed E-state index contributed by atoms with van der Waals surface area (Å²) in [5.74, 6) is -1.04. The Kier molecular flexibility index (Phi) is 5.27. The summed E-state index contributed by atoms with van der Waals surface area (Å²) < 4.78 is 5.09. The molecule has 0 radical (unpaired) electrons. The van der Waals surface area contributed by atoms with Crippen LogP contribution >= 0.6 is 11.8 Å². The number of nitrogens with zero attached hydrogens (tertiary/aromatic N) is 1. The van der Waals surface area contributed by atoms with Crippen LogP contribution in [0.25, 0.3) is 0 Å². The fraction of sp³-hybridized carbons (Fsp3) is 0.750. The van der Waals surface area contributed by atoms with Crippen molar-refractivity contribution in [1.29, 1.82) is 0 Å². The van der Waals surface area contributed by atoms with Crippen molar-refractivity contribution in [3.63, 3.8) is 0 Å². The Morgan fingerprint density at radius 3 is 2.45 bits per heavy atom. The van der Waals surface area contributed by atoms with Crippen molar-refractivity contribution in [3.05, 3.63) is 0 Å². The molecular formula is C12H20N2O5S. The van der Waals surface area contributed by atoms with Crippen molar-refractivity contribution in [2.24, 2.45) is 0 Å². The van der Waals surface area contributed by atoms with E-state index < -0.39 is 23.7 Å². The molecule has 1 aliphatic heterocycles. The van der Waals surface area contributed by atoms with Gasteiger partial charge in [-0.15, -0.1) is 11.8 Å². The maximum atomic E-state index is 11.6. The number of nitrogens with one attached hydrogen (secondary N) is 1. The standard InChI is InChI=1S/C12H20N2O5S/c1-7(15)14-8(10(16)17)6-20-9(14)5-13-11(18)19-12(2,3)4/h8-9H,5-6H2,1-4H3,(H,13,18)(H,16,17)/t8-,9-/m0/s1. The molecule has 1 heterocycles. The van der Waals surface area contributed by atoms with Gasteiger partial charge in [-0.1, -0.05) is 0 Å². The van der Waals surface area contributed by atoms with Crippen molar-refractivity contribution in [2.75, 3.05) is 12.3 Å². The lowest BCUT2D eigenvalue weighted by molar-refractivity contribution is -0.148. The molecule has 114 valence electrons. The molecule has 2 amide bonds. The number of carboxylic acids is 1. The zero-order valence-corrected chi connectivity index (χ0v) is 12.8. The minimum absolute atomic E-state index is 0.156. The number of thioether (sulfide) groups is 1. The topological polar surface area (TPSA) is 95.9 Å². The minimum Gasteiger partial charge on any atom is -0.480 e. The molecule has 2 atom stereocenters. The van der Waals surface area contributed by atoms with Gasteiger partial charge in [0.25, 0.3) is 0 Å². The van der Waals surface area contributed by atoms with E-state index in [4.69, 9.17) is 9.84 Å². The molecule has 0 aromatic heterocycles. The maximum Gasteiger partial charge on any atom is 0.407 e. The molecule has 0 saturated carbocycles. The number of amides is 2. The van der Waals surface area contributed by atoms with Crippen molar-refractivity contribution in [1.82, 2.24) is 10.2 Å². The summed E-state index contributed by atoms with van der Waals surface area (Å²) in [6.45, 7) is 6.73. The van der Waals surface area contributed by atoms with E-state index in [1.54, 1.807) is 20.8 Å². The summed E-state index contributed by atoms with van der Waals surface area (Å²) in [6, 6.07) is -0.845. The van der Waals surface area contributed by atoms with E-state index in [0.717, 1.165) is 0 Å². The predicted octanol–water partition coefficient (Wildman–Crippen LogP) is 0.886. The zero-order chi connectivity index (χ0) is 15.5. The quantitative estimate of drug-likeness (QED) is 0.804. The normalized spacial score (nSPS) is 22.5. The van der Waals surface area contributed by atoms with E-state index >= 15 is 0 Å². The summed E-state index contributed by atoms with van der Waals surface area (Å²) in [7, 11) is 0. The molecule has 20 heavy (non-hydrogen) atoms. The van der Waals surface area contributed by atoms with Crippen LogP contribution in [-0.2, 0) is 14.3 Å². The minimum atomic E-state index is -1.03. The molecule has 2 N–H and O–H groups in total. The van der Waals surface area contributed by atoms with Gasteiger partial charge in [0.15, 0.2) is 0 Å². The first-order chi connectivity index (χ1) is 9.11. The third-order valence-corrected chi connectivity index (χ3v) is 3.85. The Labute approximate surface area is 122 Å². The maximum absolute atomic E-state index is 11.6. The van der Waals surface area contributed by atoms with Gasteiger partial charge in [-0.2, -0.15) is 0 Å². The lowest BCUT2D eigenvalue weighted by atomic mass is 10.2. The summed E-state index contributed by atoms with van der Waals surface area (Å²) in [4.78, 5) is 35.4. The second-order valence-electron chi connectivity index (χ2n) is 5.45. The molecule has 8 heteroatoms. The van der Waals surface area contributed by atoms with Crippen LogP contribution in [0.1, 0.15) is 27.7 Å². The fourth-order valence-corrected chi connectivity index (χ4v) is 3.18. The lowest BCUT2D eigenvalue weighted by Gasteiger charge is -2.26. The first kappa shape index (κ1) is 16.6. The van der Waals surface area contributed by atoms with Crippen molar-refractivity contribution in [2.45, 2.75) is 44.7 Å². The second-order valence-corrected chi connectivity index (χ2v) is 6.66. The van der Waals surface area contributed by atoms with Gasteiger partial charge in [-0.05, 0) is 20.8 Å². The van der Waals surface area contributed by atoms with E-state index in [1.807, 2.05) is 0 Å². The molecular weight excluding hydrogens is 284 g/mol. The van der Waals surface area contributed by atoms with Gasteiger partial charge in [0, 0.05) is 12.7 Å². The number of alkyl carbamates (subject to hydrolysis) is 1. The van der Waals surface area contributed by atoms with Crippen LogP contribution in [0.2, 0.25) is 0 Å². The van der Waals surface area contributed by atoms with E-state index in [-0.39, 0.29) is 17.8 Å². The van der Waals surface area contributed by atoms with Gasteiger partial charge in [0.2, 0.25) is 5.91 Å². The first-order valence-electron chi connectivity index (χ1n) is 6.22. The number of rotatable bonds is 3. The molecule has 0 spiro atoms. The van der Waals surface area contributed by atoms with Crippen LogP contribution in [0.3, 0.4) is 0 Å². The van der Waals surface area contributed by atoms with Gasteiger partial charge in [0.05, 0.1) is 11.9 Å². The molecule has 0 aromatic carbocycles.